The molecule has 114 valence electrons. The number of para-hydroxylation sites is 1. The van der Waals surface area contributed by atoms with Crippen molar-refractivity contribution in [3.63, 3.8) is 0 Å². The molecule has 2 N–H and O–H groups in total. The van der Waals surface area contributed by atoms with E-state index < -0.39 is 0 Å². The van der Waals surface area contributed by atoms with Crippen molar-refractivity contribution in [1.82, 2.24) is 4.90 Å². The van der Waals surface area contributed by atoms with Crippen LogP contribution in [0.4, 0.5) is 5.69 Å². The van der Waals surface area contributed by atoms with E-state index in [4.69, 9.17) is 10.5 Å². The van der Waals surface area contributed by atoms with Crippen molar-refractivity contribution in [2.24, 2.45) is 11.7 Å². The average Bonchev–Trinajstić information content (AvgIpc) is 2.90. The Balaban J connectivity index is 1.77. The van der Waals surface area contributed by atoms with Crippen molar-refractivity contribution in [3.05, 3.63) is 29.8 Å². The van der Waals surface area contributed by atoms with Crippen molar-refractivity contribution in [2.75, 3.05) is 44.3 Å². The first-order valence-corrected chi connectivity index (χ1v) is 7.66. The number of carbonyl (C=O) groups is 1. The van der Waals surface area contributed by atoms with E-state index in [2.05, 4.69) is 11.0 Å². The van der Waals surface area contributed by atoms with Gasteiger partial charge in [0.2, 0.25) is 5.91 Å². The van der Waals surface area contributed by atoms with Crippen LogP contribution in [-0.4, -0.2) is 50.2 Å². The van der Waals surface area contributed by atoms with E-state index in [0.29, 0.717) is 13.0 Å². The normalized spacial score (nSPS) is 23.8. The Labute approximate surface area is 125 Å². The first kappa shape index (κ1) is 14.5. The number of carbonyl (C=O) groups excluding carboxylic acids is 1. The molecule has 0 aliphatic carbocycles. The van der Waals surface area contributed by atoms with Gasteiger partial charge in [-0.05, 0) is 24.1 Å². The third-order valence-corrected chi connectivity index (χ3v) is 4.32. The van der Waals surface area contributed by atoms with E-state index in [1.165, 1.54) is 5.56 Å². The van der Waals surface area contributed by atoms with Gasteiger partial charge in [0.25, 0.3) is 0 Å². The molecule has 5 heteroatoms. The molecule has 5 nitrogen and oxygen atoms in total. The van der Waals surface area contributed by atoms with Crippen LogP contribution < -0.4 is 10.6 Å². The summed E-state index contributed by atoms with van der Waals surface area (Å²) in [5.41, 5.74) is 7.98. The molecular weight excluding hydrogens is 266 g/mol. The van der Waals surface area contributed by atoms with Gasteiger partial charge in [-0.2, -0.15) is 0 Å². The largest absolute Gasteiger partial charge is 0.379 e. The van der Waals surface area contributed by atoms with Crippen LogP contribution in [0.3, 0.4) is 0 Å². The lowest BCUT2D eigenvalue weighted by Gasteiger charge is -2.28. The third-order valence-electron chi connectivity index (χ3n) is 4.32. The number of rotatable bonds is 4. The highest BCUT2D eigenvalue weighted by Gasteiger charge is 2.30. The van der Waals surface area contributed by atoms with E-state index >= 15 is 0 Å². The van der Waals surface area contributed by atoms with Gasteiger partial charge in [-0.25, -0.2) is 0 Å². The number of benzene rings is 1. The minimum Gasteiger partial charge on any atom is -0.379 e. The highest BCUT2D eigenvalue weighted by atomic mass is 16.5. The lowest BCUT2D eigenvalue weighted by molar-refractivity contribution is -0.117. The second-order valence-electron chi connectivity index (χ2n) is 5.83. The molecule has 2 heterocycles. The predicted molar refractivity (Wildman–Crippen MR) is 82.1 cm³/mol. The molecule has 0 bridgehead atoms. The fraction of sp³-hybridized carbons (Fsp3) is 0.562. The van der Waals surface area contributed by atoms with Gasteiger partial charge >= 0.3 is 0 Å². The Morgan fingerprint density at radius 3 is 2.71 bits per heavy atom. The van der Waals surface area contributed by atoms with Gasteiger partial charge in [-0.15, -0.1) is 0 Å². The van der Waals surface area contributed by atoms with Crippen LogP contribution in [0.15, 0.2) is 24.3 Å². The summed E-state index contributed by atoms with van der Waals surface area (Å²) in [4.78, 5) is 16.5. The van der Waals surface area contributed by atoms with Gasteiger partial charge in [-0.3, -0.25) is 9.69 Å². The maximum atomic E-state index is 12.2. The standard InChI is InChI=1S/C16H23N3O2/c17-10-13-9-16(20)19(11-13)15-4-2-1-3-14(15)12-18-5-7-21-8-6-18/h1-4,13H,5-12,17H2. The first-order valence-electron chi connectivity index (χ1n) is 7.66. The zero-order valence-corrected chi connectivity index (χ0v) is 12.3. The smallest absolute Gasteiger partial charge is 0.227 e. The molecule has 0 radical (unpaired) electrons. The number of nitrogens with two attached hydrogens (primary N) is 1. The molecule has 2 aliphatic heterocycles. The van der Waals surface area contributed by atoms with Gasteiger partial charge in [0.1, 0.15) is 0 Å². The monoisotopic (exact) mass is 289 g/mol. The zero-order valence-electron chi connectivity index (χ0n) is 12.3. The number of hydrogen-bond acceptors (Lipinski definition) is 4. The van der Waals surface area contributed by atoms with Crippen LogP contribution in [0, 0.1) is 5.92 Å². The first-order chi connectivity index (χ1) is 10.3. The number of hydrogen-bond donors (Lipinski definition) is 1. The molecule has 2 aliphatic rings. The van der Waals surface area contributed by atoms with Crippen molar-refractivity contribution in [3.8, 4) is 0 Å². The Kier molecular flexibility index (Phi) is 4.53. The molecule has 2 saturated heterocycles. The third kappa shape index (κ3) is 3.26. The van der Waals surface area contributed by atoms with Crippen molar-refractivity contribution >= 4 is 11.6 Å². The fourth-order valence-corrected chi connectivity index (χ4v) is 3.08. The minimum absolute atomic E-state index is 0.194. The maximum Gasteiger partial charge on any atom is 0.227 e. The van der Waals surface area contributed by atoms with Gasteiger partial charge < -0.3 is 15.4 Å². The SMILES string of the molecule is NCC1CC(=O)N(c2ccccc2CN2CCOCC2)C1. The molecule has 2 fully saturated rings. The molecule has 1 amide bonds. The quantitative estimate of drug-likeness (QED) is 0.892. The fourth-order valence-electron chi connectivity index (χ4n) is 3.08. The summed E-state index contributed by atoms with van der Waals surface area (Å²) in [5.74, 6) is 0.480. The lowest BCUT2D eigenvalue weighted by Crippen LogP contribution is -2.36. The molecule has 0 aromatic heterocycles. The topological polar surface area (TPSA) is 58.8 Å². The van der Waals surface area contributed by atoms with Crippen molar-refractivity contribution < 1.29 is 9.53 Å². The lowest BCUT2D eigenvalue weighted by atomic mass is 10.1. The van der Waals surface area contributed by atoms with Crippen LogP contribution in [0.5, 0.6) is 0 Å². The van der Waals surface area contributed by atoms with E-state index in [1.807, 2.05) is 23.1 Å². The molecule has 21 heavy (non-hydrogen) atoms. The summed E-state index contributed by atoms with van der Waals surface area (Å²) in [6, 6.07) is 8.21. The van der Waals surface area contributed by atoms with Crippen LogP contribution in [0.25, 0.3) is 0 Å². The molecule has 1 aromatic rings. The second kappa shape index (κ2) is 6.56. The highest BCUT2D eigenvalue weighted by Crippen LogP contribution is 2.28. The Hall–Kier alpha value is -1.43. The second-order valence-corrected chi connectivity index (χ2v) is 5.83. The van der Waals surface area contributed by atoms with E-state index in [9.17, 15) is 4.79 Å². The van der Waals surface area contributed by atoms with Crippen molar-refractivity contribution in [1.29, 1.82) is 0 Å². The van der Waals surface area contributed by atoms with Crippen LogP contribution in [0.2, 0.25) is 0 Å². The summed E-state index contributed by atoms with van der Waals surface area (Å²) in [6.07, 6.45) is 0.572. The van der Waals surface area contributed by atoms with Gasteiger partial charge in [-0.1, -0.05) is 18.2 Å². The summed E-state index contributed by atoms with van der Waals surface area (Å²) in [6.45, 7) is 5.68. The average molecular weight is 289 g/mol. The minimum atomic E-state index is 0.194. The Morgan fingerprint density at radius 1 is 1.24 bits per heavy atom. The van der Waals surface area contributed by atoms with E-state index in [1.54, 1.807) is 0 Å². The van der Waals surface area contributed by atoms with Gasteiger partial charge in [0.15, 0.2) is 0 Å². The van der Waals surface area contributed by atoms with E-state index in [0.717, 1.165) is 45.1 Å². The summed E-state index contributed by atoms with van der Waals surface area (Å²) in [5, 5.41) is 0. The number of amides is 1. The number of nitrogens with zero attached hydrogens (tertiary/aromatic N) is 2. The van der Waals surface area contributed by atoms with Gasteiger partial charge in [0.05, 0.1) is 13.2 Å². The molecule has 0 spiro atoms. The van der Waals surface area contributed by atoms with E-state index in [-0.39, 0.29) is 11.8 Å². The Bertz CT molecular complexity index is 500. The number of morpholine rings is 1. The summed E-state index contributed by atoms with van der Waals surface area (Å²) in [7, 11) is 0. The molecular formula is C16H23N3O2. The van der Waals surface area contributed by atoms with Crippen molar-refractivity contribution in [2.45, 2.75) is 13.0 Å². The number of ether oxygens (including phenoxy) is 1. The Morgan fingerprint density at radius 2 is 2.00 bits per heavy atom. The molecule has 1 aromatic carbocycles. The number of anilines is 1. The van der Waals surface area contributed by atoms with Crippen LogP contribution in [-0.2, 0) is 16.1 Å². The highest BCUT2D eigenvalue weighted by molar-refractivity contribution is 5.96. The predicted octanol–water partition coefficient (Wildman–Crippen LogP) is 0.830. The molecule has 1 unspecified atom stereocenters. The summed E-state index contributed by atoms with van der Waals surface area (Å²) >= 11 is 0. The zero-order chi connectivity index (χ0) is 14.7. The molecule has 1 atom stereocenters. The summed E-state index contributed by atoms with van der Waals surface area (Å²) < 4.78 is 5.39. The van der Waals surface area contributed by atoms with Gasteiger partial charge in [0, 0.05) is 38.3 Å². The molecule has 0 saturated carbocycles. The maximum absolute atomic E-state index is 12.2. The van der Waals surface area contributed by atoms with Crippen LogP contribution >= 0.6 is 0 Å². The van der Waals surface area contributed by atoms with Crippen LogP contribution in [0.1, 0.15) is 12.0 Å². The molecule has 3 rings (SSSR count).